The number of carbonyl (C=O) groups is 4. The quantitative estimate of drug-likeness (QED) is 0.220. The third-order valence-corrected chi connectivity index (χ3v) is 3.49. The SMILES string of the molecule is COC(=O)CC(CC(=O)O)NC(=O)CCC(=O)Nc1ccc(C(=N)N)cc1. The number of anilines is 1. The molecule has 0 spiro atoms. The molecule has 0 heterocycles. The molecule has 1 rings (SSSR count). The van der Waals surface area contributed by atoms with Crippen LogP contribution in [0.1, 0.15) is 31.2 Å². The van der Waals surface area contributed by atoms with Gasteiger partial charge in [0.1, 0.15) is 5.84 Å². The van der Waals surface area contributed by atoms with E-state index >= 15 is 0 Å². The van der Waals surface area contributed by atoms with E-state index in [1.807, 2.05) is 0 Å². The average Bonchev–Trinajstić information content (AvgIpc) is 2.59. The van der Waals surface area contributed by atoms with Crippen LogP contribution in [0.2, 0.25) is 0 Å². The number of ether oxygens (including phenoxy) is 1. The first kappa shape index (κ1) is 21.6. The monoisotopic (exact) mass is 378 g/mol. The van der Waals surface area contributed by atoms with Gasteiger partial charge in [-0.2, -0.15) is 0 Å². The summed E-state index contributed by atoms with van der Waals surface area (Å²) in [5.74, 6) is -2.87. The van der Waals surface area contributed by atoms with Crippen LogP contribution in [0.25, 0.3) is 0 Å². The minimum atomic E-state index is -1.17. The standard InChI is InChI=1S/C17H22N4O6/c1-27-16(26)9-12(8-15(24)25)21-14(23)7-6-13(22)20-11-4-2-10(3-5-11)17(18)19/h2-5,12H,6-9H2,1H3,(H3,18,19)(H,20,22)(H,21,23)(H,24,25). The van der Waals surface area contributed by atoms with Gasteiger partial charge in [-0.3, -0.25) is 24.6 Å². The molecule has 1 unspecified atom stereocenters. The van der Waals surface area contributed by atoms with Crippen LogP contribution in [-0.2, 0) is 23.9 Å². The lowest BCUT2D eigenvalue weighted by Crippen LogP contribution is -2.38. The maximum atomic E-state index is 11.9. The smallest absolute Gasteiger partial charge is 0.307 e. The molecule has 0 saturated carbocycles. The summed E-state index contributed by atoms with van der Waals surface area (Å²) in [5.41, 5.74) is 6.34. The van der Waals surface area contributed by atoms with Gasteiger partial charge in [0.2, 0.25) is 11.8 Å². The normalized spacial score (nSPS) is 11.1. The number of methoxy groups -OCH3 is 1. The number of nitrogen functional groups attached to an aromatic ring is 1. The first-order valence-corrected chi connectivity index (χ1v) is 8.03. The predicted octanol–water partition coefficient (Wildman–Crippen LogP) is 0.212. The molecule has 0 radical (unpaired) electrons. The molecule has 0 bridgehead atoms. The molecule has 0 aliphatic carbocycles. The Morgan fingerprint density at radius 3 is 2.22 bits per heavy atom. The van der Waals surface area contributed by atoms with Crippen LogP contribution in [0.3, 0.4) is 0 Å². The number of aliphatic carboxylic acids is 1. The Balaban J connectivity index is 2.48. The van der Waals surface area contributed by atoms with Gasteiger partial charge in [-0.1, -0.05) is 0 Å². The van der Waals surface area contributed by atoms with Gasteiger partial charge in [0.05, 0.1) is 20.0 Å². The highest BCUT2D eigenvalue weighted by Crippen LogP contribution is 2.10. The Hall–Kier alpha value is -3.43. The first-order valence-electron chi connectivity index (χ1n) is 8.03. The van der Waals surface area contributed by atoms with Crippen LogP contribution in [0.5, 0.6) is 0 Å². The van der Waals surface area contributed by atoms with Gasteiger partial charge >= 0.3 is 11.9 Å². The molecule has 2 amide bonds. The number of amides is 2. The van der Waals surface area contributed by atoms with Crippen LogP contribution < -0.4 is 16.4 Å². The molecule has 10 nitrogen and oxygen atoms in total. The minimum absolute atomic E-state index is 0.0904. The largest absolute Gasteiger partial charge is 0.481 e. The maximum Gasteiger partial charge on any atom is 0.307 e. The summed E-state index contributed by atoms with van der Waals surface area (Å²) in [5, 5.41) is 21.1. The molecule has 10 heteroatoms. The molecule has 27 heavy (non-hydrogen) atoms. The van der Waals surface area contributed by atoms with E-state index < -0.39 is 36.2 Å². The number of carboxylic acids is 1. The van der Waals surface area contributed by atoms with Crippen molar-refractivity contribution in [1.82, 2.24) is 5.32 Å². The van der Waals surface area contributed by atoms with Gasteiger partial charge in [0.25, 0.3) is 0 Å². The van der Waals surface area contributed by atoms with Gasteiger partial charge in [-0.15, -0.1) is 0 Å². The molecule has 1 aromatic carbocycles. The highest BCUT2D eigenvalue weighted by Gasteiger charge is 2.20. The second-order valence-corrected chi connectivity index (χ2v) is 5.68. The second kappa shape index (κ2) is 10.5. The number of hydrogen-bond donors (Lipinski definition) is 5. The van der Waals surface area contributed by atoms with Crippen molar-refractivity contribution in [3.05, 3.63) is 29.8 Å². The van der Waals surface area contributed by atoms with Crippen LogP contribution in [0, 0.1) is 5.41 Å². The van der Waals surface area contributed by atoms with Crippen molar-refractivity contribution in [2.24, 2.45) is 5.73 Å². The topological polar surface area (TPSA) is 172 Å². The number of hydrogen-bond acceptors (Lipinski definition) is 6. The summed E-state index contributed by atoms with van der Waals surface area (Å²) >= 11 is 0. The van der Waals surface area contributed by atoms with Crippen LogP contribution in [-0.4, -0.2) is 47.8 Å². The zero-order valence-electron chi connectivity index (χ0n) is 14.8. The fourth-order valence-electron chi connectivity index (χ4n) is 2.15. The summed E-state index contributed by atoms with van der Waals surface area (Å²) < 4.78 is 4.46. The highest BCUT2D eigenvalue weighted by molar-refractivity contribution is 5.96. The summed E-state index contributed by atoms with van der Waals surface area (Å²) in [6.45, 7) is 0. The van der Waals surface area contributed by atoms with E-state index in [0.29, 0.717) is 11.3 Å². The molecule has 0 aliphatic heterocycles. The second-order valence-electron chi connectivity index (χ2n) is 5.68. The maximum absolute atomic E-state index is 11.9. The van der Waals surface area contributed by atoms with E-state index in [1.165, 1.54) is 0 Å². The number of nitrogens with one attached hydrogen (secondary N) is 3. The van der Waals surface area contributed by atoms with Crippen molar-refractivity contribution < 1.29 is 29.0 Å². The molecule has 0 aliphatic rings. The number of carboxylic acid groups (broad SMARTS) is 1. The number of esters is 1. The molecular weight excluding hydrogens is 356 g/mol. The van der Waals surface area contributed by atoms with E-state index in [1.54, 1.807) is 24.3 Å². The van der Waals surface area contributed by atoms with Gasteiger partial charge in [0, 0.05) is 30.1 Å². The molecule has 0 fully saturated rings. The fourth-order valence-corrected chi connectivity index (χ4v) is 2.15. The lowest BCUT2D eigenvalue weighted by Gasteiger charge is -2.15. The molecule has 6 N–H and O–H groups in total. The number of rotatable bonds is 10. The lowest BCUT2D eigenvalue weighted by atomic mass is 10.1. The third kappa shape index (κ3) is 8.47. The molecule has 0 aromatic heterocycles. The lowest BCUT2D eigenvalue weighted by molar-refractivity contribution is -0.142. The van der Waals surface area contributed by atoms with Gasteiger partial charge in [0.15, 0.2) is 0 Å². The predicted molar refractivity (Wildman–Crippen MR) is 96.1 cm³/mol. The van der Waals surface area contributed by atoms with Crippen molar-refractivity contribution in [2.75, 3.05) is 12.4 Å². The summed E-state index contributed by atoms with van der Waals surface area (Å²) in [7, 11) is 1.16. The van der Waals surface area contributed by atoms with Crippen molar-refractivity contribution >= 4 is 35.3 Å². The van der Waals surface area contributed by atoms with Crippen molar-refractivity contribution in [2.45, 2.75) is 31.7 Å². The number of carbonyl (C=O) groups excluding carboxylic acids is 3. The first-order chi connectivity index (χ1) is 12.7. The molecule has 0 saturated heterocycles. The minimum Gasteiger partial charge on any atom is -0.481 e. The summed E-state index contributed by atoms with van der Waals surface area (Å²) in [4.78, 5) is 45.9. The van der Waals surface area contributed by atoms with E-state index in [9.17, 15) is 19.2 Å². The van der Waals surface area contributed by atoms with Gasteiger partial charge < -0.3 is 26.2 Å². The van der Waals surface area contributed by atoms with Crippen LogP contribution in [0.15, 0.2) is 24.3 Å². The van der Waals surface area contributed by atoms with Gasteiger partial charge in [-0.25, -0.2) is 0 Å². The average molecular weight is 378 g/mol. The van der Waals surface area contributed by atoms with E-state index in [4.69, 9.17) is 16.2 Å². The molecule has 146 valence electrons. The fraction of sp³-hybridized carbons (Fsp3) is 0.353. The Labute approximate surface area is 155 Å². The zero-order chi connectivity index (χ0) is 20.4. The van der Waals surface area contributed by atoms with Crippen LogP contribution in [0.4, 0.5) is 5.69 Å². The highest BCUT2D eigenvalue weighted by atomic mass is 16.5. The summed E-state index contributed by atoms with van der Waals surface area (Å²) in [6.07, 6.45) is -1.01. The number of benzene rings is 1. The zero-order valence-corrected chi connectivity index (χ0v) is 14.8. The van der Waals surface area contributed by atoms with Crippen molar-refractivity contribution in [1.29, 1.82) is 5.41 Å². The Bertz CT molecular complexity index is 717. The van der Waals surface area contributed by atoms with Gasteiger partial charge in [-0.05, 0) is 24.3 Å². The van der Waals surface area contributed by atoms with Crippen LogP contribution >= 0.6 is 0 Å². The van der Waals surface area contributed by atoms with E-state index in [0.717, 1.165) is 7.11 Å². The molecule has 1 aromatic rings. The number of amidine groups is 1. The summed E-state index contributed by atoms with van der Waals surface area (Å²) in [6, 6.07) is 5.40. The molecule has 1 atom stereocenters. The van der Waals surface area contributed by atoms with E-state index in [2.05, 4.69) is 15.4 Å². The third-order valence-electron chi connectivity index (χ3n) is 3.49. The molecular formula is C17H22N4O6. The van der Waals surface area contributed by atoms with Crippen molar-refractivity contribution in [3.63, 3.8) is 0 Å². The van der Waals surface area contributed by atoms with Crippen molar-refractivity contribution in [3.8, 4) is 0 Å². The Morgan fingerprint density at radius 2 is 1.70 bits per heavy atom. The Kier molecular flexibility index (Phi) is 8.43. The number of nitrogens with two attached hydrogens (primary N) is 1. The van der Waals surface area contributed by atoms with E-state index in [-0.39, 0.29) is 25.1 Å². The Morgan fingerprint density at radius 1 is 1.11 bits per heavy atom.